The van der Waals surface area contributed by atoms with Crippen LogP contribution in [0.25, 0.3) is 0 Å². The predicted octanol–water partition coefficient (Wildman–Crippen LogP) is 0.633. The van der Waals surface area contributed by atoms with Crippen LogP contribution in [0.3, 0.4) is 0 Å². The monoisotopic (exact) mass is 528 g/mol. The zero-order valence-electron chi connectivity index (χ0n) is 20.6. The van der Waals surface area contributed by atoms with Crippen molar-refractivity contribution < 1.29 is 28.8 Å². The summed E-state index contributed by atoms with van der Waals surface area (Å²) in [4.78, 5) is 59.0. The molecule has 0 aliphatic carbocycles. The van der Waals surface area contributed by atoms with Gasteiger partial charge in [-0.3, -0.25) is 14.4 Å². The summed E-state index contributed by atoms with van der Waals surface area (Å²) in [6, 6.07) is -2.94. The van der Waals surface area contributed by atoms with Crippen LogP contribution >= 0.6 is 24.4 Å². The Morgan fingerprint density at radius 1 is 1.09 bits per heavy atom. The number of amides is 3. The molecule has 2 bridgehead atoms. The topological polar surface area (TPSA) is 126 Å². The number of hydroxylamine groups is 1. The van der Waals surface area contributed by atoms with Gasteiger partial charge in [-0.05, 0) is 30.1 Å². The van der Waals surface area contributed by atoms with E-state index in [2.05, 4.69) is 28.7 Å². The van der Waals surface area contributed by atoms with E-state index in [1.54, 1.807) is 6.08 Å². The molecule has 3 aliphatic heterocycles. The minimum absolute atomic E-state index is 0.105. The lowest BCUT2D eigenvalue weighted by Crippen LogP contribution is -2.55. The number of cyclic esters (lactones) is 1. The first-order chi connectivity index (χ1) is 16.6. The molecule has 6 unspecified atom stereocenters. The number of carbonyl (C=O) groups excluding carboxylic acids is 4. The van der Waals surface area contributed by atoms with E-state index < -0.39 is 42.1 Å². The van der Waals surface area contributed by atoms with Crippen LogP contribution in [0.2, 0.25) is 0 Å². The zero-order chi connectivity index (χ0) is 25.7. The predicted molar refractivity (Wildman–Crippen MR) is 135 cm³/mol. The standard InChI is InChI=1S/C23H36N4O6S2/c1-12(2)16-19(28)24-15-11-35-22-18(27(22)21(15)30)20(29)25-17(13(3)4)23(31)33-14(7-5-6-10-34)8-9-32-26-16/h5,7,12-18,22,26,34H,6,8-11H2,1-4H3,(H,24,28)(H,25,29)/b7-5+. The van der Waals surface area contributed by atoms with Crippen LogP contribution in [0.5, 0.6) is 0 Å². The number of esters is 1. The van der Waals surface area contributed by atoms with Gasteiger partial charge in [0.1, 0.15) is 35.6 Å². The second-order valence-electron chi connectivity index (χ2n) is 9.60. The van der Waals surface area contributed by atoms with Crippen LogP contribution in [-0.2, 0) is 28.8 Å². The summed E-state index contributed by atoms with van der Waals surface area (Å²) in [6.45, 7) is 7.57. The minimum Gasteiger partial charge on any atom is -0.457 e. The van der Waals surface area contributed by atoms with Crippen LogP contribution < -0.4 is 16.1 Å². The average Bonchev–Trinajstić information content (AvgIpc) is 3.53. The molecule has 3 N–H and O–H groups in total. The van der Waals surface area contributed by atoms with Gasteiger partial charge in [0.15, 0.2) is 0 Å². The molecule has 3 rings (SSSR count). The van der Waals surface area contributed by atoms with Crippen LogP contribution in [-0.4, -0.2) is 82.3 Å². The zero-order valence-corrected chi connectivity index (χ0v) is 22.3. The maximum Gasteiger partial charge on any atom is 0.329 e. The number of nitrogens with one attached hydrogen (secondary N) is 3. The molecule has 0 aromatic carbocycles. The van der Waals surface area contributed by atoms with Gasteiger partial charge in [-0.25, -0.2) is 4.79 Å². The van der Waals surface area contributed by atoms with E-state index in [4.69, 9.17) is 9.57 Å². The van der Waals surface area contributed by atoms with Crippen molar-refractivity contribution in [3.05, 3.63) is 12.2 Å². The molecule has 3 aliphatic rings. The molecular formula is C23H36N4O6S2. The number of hydrogen-bond acceptors (Lipinski definition) is 9. The Balaban J connectivity index is 1.83. The number of carbonyl (C=O) groups is 4. The van der Waals surface area contributed by atoms with E-state index in [1.807, 2.05) is 33.8 Å². The molecule has 196 valence electrons. The van der Waals surface area contributed by atoms with Crippen molar-refractivity contribution >= 4 is 48.1 Å². The molecule has 0 spiro atoms. The van der Waals surface area contributed by atoms with Crippen LogP contribution in [0.15, 0.2) is 12.2 Å². The van der Waals surface area contributed by atoms with Gasteiger partial charge in [0.05, 0.1) is 6.61 Å². The second-order valence-corrected chi connectivity index (χ2v) is 11.2. The van der Waals surface area contributed by atoms with Gasteiger partial charge < -0.3 is 25.1 Å². The van der Waals surface area contributed by atoms with Gasteiger partial charge in [-0.2, -0.15) is 18.1 Å². The normalized spacial score (nSPS) is 32.9. The van der Waals surface area contributed by atoms with E-state index in [1.165, 1.54) is 16.7 Å². The molecule has 0 aromatic heterocycles. The lowest BCUT2D eigenvalue weighted by atomic mass is 10.0. The van der Waals surface area contributed by atoms with Gasteiger partial charge in [-0.1, -0.05) is 33.8 Å². The van der Waals surface area contributed by atoms with Crippen LogP contribution in [0, 0.1) is 11.8 Å². The van der Waals surface area contributed by atoms with Crippen molar-refractivity contribution in [2.45, 2.75) is 76.2 Å². The lowest BCUT2D eigenvalue weighted by molar-refractivity contribution is -0.153. The van der Waals surface area contributed by atoms with Gasteiger partial charge >= 0.3 is 5.97 Å². The lowest BCUT2D eigenvalue weighted by Gasteiger charge is -2.26. The maximum atomic E-state index is 13.0. The van der Waals surface area contributed by atoms with Crippen molar-refractivity contribution in [2.75, 3.05) is 18.1 Å². The Labute approximate surface area is 216 Å². The molecule has 3 saturated heterocycles. The molecule has 12 heteroatoms. The van der Waals surface area contributed by atoms with Gasteiger partial charge in [-0.15, -0.1) is 11.8 Å². The Morgan fingerprint density at radius 2 is 1.80 bits per heavy atom. The molecule has 6 atom stereocenters. The molecule has 0 saturated carbocycles. The van der Waals surface area contributed by atoms with E-state index in [0.29, 0.717) is 24.3 Å². The highest BCUT2D eigenvalue weighted by molar-refractivity contribution is 8.00. The van der Waals surface area contributed by atoms with E-state index in [9.17, 15) is 19.2 Å². The first kappa shape index (κ1) is 27.8. The highest BCUT2D eigenvalue weighted by Crippen LogP contribution is 2.42. The van der Waals surface area contributed by atoms with Crippen molar-refractivity contribution in [1.29, 1.82) is 0 Å². The van der Waals surface area contributed by atoms with E-state index in [0.717, 1.165) is 0 Å². The minimum atomic E-state index is -0.859. The second kappa shape index (κ2) is 12.5. The van der Waals surface area contributed by atoms with Crippen molar-refractivity contribution in [2.24, 2.45) is 11.8 Å². The molecule has 0 radical (unpaired) electrons. The maximum absolute atomic E-state index is 13.0. The largest absolute Gasteiger partial charge is 0.457 e. The highest BCUT2D eigenvalue weighted by atomic mass is 32.2. The Bertz CT molecular complexity index is 839. The van der Waals surface area contributed by atoms with Crippen LogP contribution in [0.1, 0.15) is 40.5 Å². The highest BCUT2D eigenvalue weighted by Gasteiger charge is 2.60. The summed E-state index contributed by atoms with van der Waals surface area (Å²) in [7, 11) is 0. The fourth-order valence-electron chi connectivity index (χ4n) is 4.00. The number of nitrogens with zero attached hydrogens (tertiary/aromatic N) is 1. The number of hydrogen-bond donors (Lipinski definition) is 4. The molecule has 10 nitrogen and oxygen atoms in total. The average molecular weight is 529 g/mol. The quantitative estimate of drug-likeness (QED) is 0.177. The third-order valence-corrected chi connectivity index (χ3v) is 7.73. The fraction of sp³-hybridized carbons (Fsp3) is 0.739. The summed E-state index contributed by atoms with van der Waals surface area (Å²) in [6.07, 6.45) is 4.16. The third-order valence-electron chi connectivity index (χ3n) is 6.12. The summed E-state index contributed by atoms with van der Waals surface area (Å²) in [5.74, 6) is -0.875. The van der Waals surface area contributed by atoms with Gasteiger partial charge in [0.2, 0.25) is 17.7 Å². The molecule has 0 aromatic rings. The summed E-state index contributed by atoms with van der Waals surface area (Å²) < 4.78 is 5.73. The first-order valence-electron chi connectivity index (χ1n) is 12.1. The van der Waals surface area contributed by atoms with E-state index in [-0.39, 0.29) is 35.6 Å². The first-order valence-corrected chi connectivity index (χ1v) is 13.7. The number of rotatable bonds is 5. The Kier molecular flexibility index (Phi) is 9.91. The van der Waals surface area contributed by atoms with E-state index >= 15 is 0 Å². The van der Waals surface area contributed by atoms with Gasteiger partial charge in [0.25, 0.3) is 0 Å². The number of thioether (sulfide) groups is 1. The summed E-state index contributed by atoms with van der Waals surface area (Å²) in [5, 5.41) is 5.30. The number of thiol groups is 1. The molecule has 3 heterocycles. The van der Waals surface area contributed by atoms with Crippen molar-refractivity contribution in [1.82, 2.24) is 21.0 Å². The molecular weight excluding hydrogens is 492 g/mol. The van der Waals surface area contributed by atoms with Crippen molar-refractivity contribution in [3.63, 3.8) is 0 Å². The summed E-state index contributed by atoms with van der Waals surface area (Å²) in [5.41, 5.74) is 2.80. The fourth-order valence-corrected chi connectivity index (χ4v) is 5.53. The third kappa shape index (κ3) is 6.93. The number of fused-ring (bicyclic) bond motifs is 2. The van der Waals surface area contributed by atoms with Crippen molar-refractivity contribution in [3.8, 4) is 0 Å². The SMILES string of the molecule is CC(C)C1NOCCC(/C=C/CCS)OC(=O)C(C(C)C)NC(=O)C2C3SCC(NC1=O)C(=O)N32. The summed E-state index contributed by atoms with van der Waals surface area (Å²) >= 11 is 5.64. The molecule has 3 fully saturated rings. The Hall–Kier alpha value is -1.76. The van der Waals surface area contributed by atoms with Crippen LogP contribution in [0.4, 0.5) is 0 Å². The Morgan fingerprint density at radius 3 is 2.46 bits per heavy atom. The number of allylic oxidation sites excluding steroid dienone is 1. The number of ether oxygens (including phenoxy) is 1. The molecule has 3 amide bonds. The molecule has 35 heavy (non-hydrogen) atoms. The van der Waals surface area contributed by atoms with Gasteiger partial charge in [0, 0.05) is 12.2 Å². The smallest absolute Gasteiger partial charge is 0.329 e.